The van der Waals surface area contributed by atoms with Gasteiger partial charge in [0, 0.05) is 12.6 Å². The number of nitrogens with zero attached hydrogens (tertiary/aromatic N) is 2. The molecular formula is C12H14ClN3O5. The molecule has 1 N–H and O–H groups in total. The number of hydrogen-bond acceptors (Lipinski definition) is 5. The maximum absolute atomic E-state index is 11.9. The second-order valence-corrected chi connectivity index (χ2v) is 4.68. The number of non-ortho nitro benzene ring substituents is 1. The minimum Gasteiger partial charge on any atom is -0.352 e. The minimum absolute atomic E-state index is 0.269. The molecule has 0 fully saturated rings. The van der Waals surface area contributed by atoms with Gasteiger partial charge in [-0.1, -0.05) is 31.4 Å². The zero-order chi connectivity index (χ0) is 16.0. The molecule has 0 aliphatic heterocycles. The van der Waals surface area contributed by atoms with E-state index in [4.69, 9.17) is 11.6 Å². The lowest BCUT2D eigenvalue weighted by Gasteiger charge is -2.07. The number of halogens is 1. The fraction of sp³-hybridized carbons (Fsp3) is 0.417. The lowest BCUT2D eigenvalue weighted by molar-refractivity contribution is -0.394. The fourth-order valence-corrected chi connectivity index (χ4v) is 1.93. The Morgan fingerprint density at radius 3 is 2.43 bits per heavy atom. The second-order valence-electron chi connectivity index (χ2n) is 4.30. The Labute approximate surface area is 125 Å². The Balaban J connectivity index is 3.07. The summed E-state index contributed by atoms with van der Waals surface area (Å²) in [7, 11) is 0. The molecule has 0 aromatic heterocycles. The van der Waals surface area contributed by atoms with Crippen LogP contribution in [0.4, 0.5) is 11.4 Å². The van der Waals surface area contributed by atoms with E-state index >= 15 is 0 Å². The third kappa shape index (κ3) is 4.38. The lowest BCUT2D eigenvalue weighted by atomic mass is 10.1. The number of nitro groups is 2. The van der Waals surface area contributed by atoms with Crippen molar-refractivity contribution >= 4 is 28.9 Å². The molecule has 1 aromatic carbocycles. The number of unbranched alkanes of at least 4 members (excludes halogenated alkanes) is 2. The van der Waals surface area contributed by atoms with Crippen molar-refractivity contribution in [1.82, 2.24) is 5.32 Å². The minimum atomic E-state index is -0.858. The van der Waals surface area contributed by atoms with Gasteiger partial charge in [-0.25, -0.2) is 0 Å². The van der Waals surface area contributed by atoms with Crippen LogP contribution in [0, 0.1) is 20.2 Å². The first kappa shape index (κ1) is 16.8. The molecule has 21 heavy (non-hydrogen) atoms. The number of carbonyl (C=O) groups is 1. The number of benzene rings is 1. The summed E-state index contributed by atoms with van der Waals surface area (Å²) in [6, 6.07) is 1.67. The topological polar surface area (TPSA) is 115 Å². The monoisotopic (exact) mass is 315 g/mol. The van der Waals surface area contributed by atoms with E-state index in [1.807, 2.05) is 6.92 Å². The predicted octanol–water partition coefficient (Wildman–Crippen LogP) is 3.08. The van der Waals surface area contributed by atoms with Gasteiger partial charge in [0.15, 0.2) is 0 Å². The highest BCUT2D eigenvalue weighted by Gasteiger charge is 2.26. The van der Waals surface area contributed by atoms with E-state index in [1.165, 1.54) is 0 Å². The molecule has 0 saturated carbocycles. The summed E-state index contributed by atoms with van der Waals surface area (Å²) in [5, 5.41) is 23.7. The highest BCUT2D eigenvalue weighted by molar-refractivity contribution is 6.36. The van der Waals surface area contributed by atoms with Gasteiger partial charge in [0.2, 0.25) is 0 Å². The van der Waals surface area contributed by atoms with Crippen LogP contribution in [0.5, 0.6) is 0 Å². The third-order valence-corrected chi connectivity index (χ3v) is 3.15. The molecule has 1 rings (SSSR count). The van der Waals surface area contributed by atoms with E-state index in [0.29, 0.717) is 6.54 Å². The molecule has 0 spiro atoms. The van der Waals surface area contributed by atoms with Crippen LogP contribution in [0.1, 0.15) is 36.5 Å². The van der Waals surface area contributed by atoms with Gasteiger partial charge in [-0.3, -0.25) is 25.0 Å². The van der Waals surface area contributed by atoms with Crippen LogP contribution in [0.3, 0.4) is 0 Å². The summed E-state index contributed by atoms with van der Waals surface area (Å²) < 4.78 is 0. The molecule has 0 heterocycles. The van der Waals surface area contributed by atoms with E-state index in [2.05, 4.69) is 5.32 Å². The molecule has 0 atom stereocenters. The first-order chi connectivity index (χ1) is 9.88. The molecule has 8 nitrogen and oxygen atoms in total. The largest absolute Gasteiger partial charge is 0.352 e. The molecule has 0 aliphatic rings. The number of hydrogen-bond donors (Lipinski definition) is 1. The van der Waals surface area contributed by atoms with E-state index in [-0.39, 0.29) is 5.56 Å². The summed E-state index contributed by atoms with van der Waals surface area (Å²) in [6.07, 6.45) is 2.64. The van der Waals surface area contributed by atoms with Crippen molar-refractivity contribution in [3.05, 3.63) is 42.9 Å². The molecule has 0 saturated heterocycles. The summed E-state index contributed by atoms with van der Waals surface area (Å²) in [6.45, 7) is 2.38. The smallest absolute Gasteiger partial charge is 0.295 e. The second kappa shape index (κ2) is 7.53. The molecule has 0 unspecified atom stereocenters. The van der Waals surface area contributed by atoms with Crippen LogP contribution >= 0.6 is 11.6 Å². The van der Waals surface area contributed by atoms with Gasteiger partial charge in [-0.15, -0.1) is 0 Å². The summed E-state index contributed by atoms with van der Waals surface area (Å²) >= 11 is 5.79. The van der Waals surface area contributed by atoms with Crippen LogP contribution in [0.2, 0.25) is 5.02 Å². The van der Waals surface area contributed by atoms with Crippen LogP contribution in [0.15, 0.2) is 12.1 Å². The number of carbonyl (C=O) groups excluding carboxylic acids is 1. The molecule has 0 bridgehead atoms. The Kier molecular flexibility index (Phi) is 6.04. The van der Waals surface area contributed by atoms with Gasteiger partial charge in [0.1, 0.15) is 5.02 Å². The van der Waals surface area contributed by atoms with Crippen molar-refractivity contribution in [3.63, 3.8) is 0 Å². The van der Waals surface area contributed by atoms with Crippen LogP contribution in [-0.2, 0) is 0 Å². The molecule has 0 aliphatic carbocycles. The van der Waals surface area contributed by atoms with Gasteiger partial charge < -0.3 is 5.32 Å². The molecule has 1 aromatic rings. The first-order valence-corrected chi connectivity index (χ1v) is 6.66. The quantitative estimate of drug-likeness (QED) is 0.471. The van der Waals surface area contributed by atoms with Crippen molar-refractivity contribution in [3.8, 4) is 0 Å². The average Bonchev–Trinajstić information content (AvgIpc) is 2.43. The van der Waals surface area contributed by atoms with Gasteiger partial charge in [0.25, 0.3) is 17.3 Å². The highest BCUT2D eigenvalue weighted by Crippen LogP contribution is 2.32. The summed E-state index contributed by atoms with van der Waals surface area (Å²) in [5.41, 5.74) is -1.48. The van der Waals surface area contributed by atoms with Crippen molar-refractivity contribution in [2.45, 2.75) is 26.2 Å². The van der Waals surface area contributed by atoms with Gasteiger partial charge >= 0.3 is 0 Å². The third-order valence-electron chi connectivity index (χ3n) is 2.76. The molecule has 114 valence electrons. The van der Waals surface area contributed by atoms with Crippen LogP contribution < -0.4 is 5.32 Å². The van der Waals surface area contributed by atoms with Crippen LogP contribution in [0.25, 0.3) is 0 Å². The Bertz CT molecular complexity index is 576. The highest BCUT2D eigenvalue weighted by atomic mass is 35.5. The molecule has 9 heteroatoms. The molecule has 0 radical (unpaired) electrons. The normalized spacial score (nSPS) is 10.2. The standard InChI is InChI=1S/C12H14ClN3O5/c1-2-3-4-5-14-12(17)9-6-8(15(18)19)7-10(11(9)13)16(20)21/h6-7H,2-5H2,1H3,(H,14,17). The maximum Gasteiger partial charge on any atom is 0.295 e. The van der Waals surface area contributed by atoms with Crippen molar-refractivity contribution < 1.29 is 14.6 Å². The average molecular weight is 316 g/mol. The number of amides is 1. The molecular weight excluding hydrogens is 302 g/mol. The van der Waals surface area contributed by atoms with E-state index in [1.54, 1.807) is 0 Å². The maximum atomic E-state index is 11.9. The summed E-state index contributed by atoms with van der Waals surface area (Å²) in [5.74, 6) is -0.664. The number of nitro benzene ring substituents is 2. The lowest BCUT2D eigenvalue weighted by Crippen LogP contribution is -2.25. The Hall–Kier alpha value is -2.22. The van der Waals surface area contributed by atoms with E-state index in [0.717, 1.165) is 31.4 Å². The Morgan fingerprint density at radius 2 is 1.90 bits per heavy atom. The Morgan fingerprint density at radius 1 is 1.24 bits per heavy atom. The predicted molar refractivity (Wildman–Crippen MR) is 76.6 cm³/mol. The number of nitrogens with one attached hydrogen (secondary N) is 1. The molecule has 1 amide bonds. The zero-order valence-corrected chi connectivity index (χ0v) is 12.1. The van der Waals surface area contributed by atoms with E-state index < -0.39 is 32.2 Å². The SMILES string of the molecule is CCCCCNC(=O)c1cc([N+](=O)[O-])cc([N+](=O)[O-])c1Cl. The van der Waals surface area contributed by atoms with Gasteiger partial charge in [0.05, 0.1) is 21.5 Å². The van der Waals surface area contributed by atoms with Gasteiger partial charge in [-0.2, -0.15) is 0 Å². The fourth-order valence-electron chi connectivity index (χ4n) is 1.67. The zero-order valence-electron chi connectivity index (χ0n) is 11.3. The van der Waals surface area contributed by atoms with Crippen molar-refractivity contribution in [2.24, 2.45) is 0 Å². The van der Waals surface area contributed by atoms with Crippen LogP contribution in [-0.4, -0.2) is 22.3 Å². The first-order valence-electron chi connectivity index (χ1n) is 6.29. The van der Waals surface area contributed by atoms with Crippen molar-refractivity contribution in [1.29, 1.82) is 0 Å². The van der Waals surface area contributed by atoms with Crippen molar-refractivity contribution in [2.75, 3.05) is 6.54 Å². The number of rotatable bonds is 7. The summed E-state index contributed by atoms with van der Waals surface area (Å²) in [4.78, 5) is 31.9. The van der Waals surface area contributed by atoms with Gasteiger partial charge in [-0.05, 0) is 6.42 Å². The van der Waals surface area contributed by atoms with E-state index in [9.17, 15) is 25.0 Å².